The lowest BCUT2D eigenvalue weighted by atomic mass is 10.1. The van der Waals surface area contributed by atoms with Crippen molar-refractivity contribution >= 4 is 17.6 Å². The molecule has 5 nitrogen and oxygen atoms in total. The van der Waals surface area contributed by atoms with Crippen molar-refractivity contribution in [3.05, 3.63) is 89.0 Å². The Balaban J connectivity index is 1.56. The van der Waals surface area contributed by atoms with Gasteiger partial charge in [-0.05, 0) is 68.3 Å². The minimum absolute atomic E-state index is 0.195. The second-order valence-electron chi connectivity index (χ2n) is 6.83. The van der Waals surface area contributed by atoms with Gasteiger partial charge in [-0.2, -0.15) is 0 Å². The first-order valence-corrected chi connectivity index (χ1v) is 9.30. The van der Waals surface area contributed by atoms with E-state index >= 15 is 0 Å². The summed E-state index contributed by atoms with van der Waals surface area (Å²) in [5.74, 6) is 0.257. The van der Waals surface area contributed by atoms with Gasteiger partial charge in [0.2, 0.25) is 0 Å². The average molecular weight is 389 g/mol. The van der Waals surface area contributed by atoms with E-state index in [0.717, 1.165) is 22.4 Å². The Morgan fingerprint density at radius 2 is 1.59 bits per heavy atom. The Kier molecular flexibility index (Phi) is 6.29. The molecule has 0 heterocycles. The van der Waals surface area contributed by atoms with E-state index in [4.69, 9.17) is 9.47 Å². The molecule has 0 saturated carbocycles. The van der Waals surface area contributed by atoms with E-state index in [9.17, 15) is 9.59 Å². The summed E-state index contributed by atoms with van der Waals surface area (Å²) in [6, 6.07) is 19.7. The molecule has 0 fully saturated rings. The highest BCUT2D eigenvalue weighted by molar-refractivity contribution is 6.04. The number of carbonyl (C=O) groups is 2. The molecule has 0 aliphatic rings. The quantitative estimate of drug-likeness (QED) is 0.484. The standard InChI is InChI=1S/C24H23NO4/c1-16-8-13-21(18(3)14-16)25-24(27)19-9-11-20(12-10-19)29-23(26)15-28-22-7-5-4-6-17(22)2/h4-14H,15H2,1-3H3,(H,25,27). The highest BCUT2D eigenvalue weighted by atomic mass is 16.6. The van der Waals surface area contributed by atoms with Crippen LogP contribution in [0.4, 0.5) is 5.69 Å². The van der Waals surface area contributed by atoms with Gasteiger partial charge in [0.05, 0.1) is 0 Å². The first-order chi connectivity index (χ1) is 13.9. The monoisotopic (exact) mass is 389 g/mol. The second kappa shape index (κ2) is 9.06. The van der Waals surface area contributed by atoms with E-state index in [1.807, 2.05) is 57.2 Å². The fraction of sp³-hybridized carbons (Fsp3) is 0.167. The number of amides is 1. The van der Waals surface area contributed by atoms with Crippen molar-refractivity contribution < 1.29 is 19.1 Å². The minimum Gasteiger partial charge on any atom is -0.482 e. The summed E-state index contributed by atoms with van der Waals surface area (Å²) in [6.07, 6.45) is 0. The number of hydrogen-bond donors (Lipinski definition) is 1. The van der Waals surface area contributed by atoms with Gasteiger partial charge in [-0.3, -0.25) is 4.79 Å². The van der Waals surface area contributed by atoms with Crippen LogP contribution in [0.3, 0.4) is 0 Å². The summed E-state index contributed by atoms with van der Waals surface area (Å²) < 4.78 is 10.7. The summed E-state index contributed by atoms with van der Waals surface area (Å²) in [5, 5.41) is 2.89. The predicted molar refractivity (Wildman–Crippen MR) is 113 cm³/mol. The molecule has 0 atom stereocenters. The van der Waals surface area contributed by atoms with Gasteiger partial charge in [0.15, 0.2) is 6.61 Å². The first-order valence-electron chi connectivity index (χ1n) is 9.30. The summed E-state index contributed by atoms with van der Waals surface area (Å²) in [7, 11) is 0. The summed E-state index contributed by atoms with van der Waals surface area (Å²) in [5.41, 5.74) is 4.32. The van der Waals surface area contributed by atoms with Gasteiger partial charge in [-0.1, -0.05) is 35.9 Å². The molecule has 1 N–H and O–H groups in total. The third-order valence-corrected chi connectivity index (χ3v) is 4.42. The maximum absolute atomic E-state index is 12.4. The van der Waals surface area contributed by atoms with Crippen LogP contribution in [0, 0.1) is 20.8 Å². The Morgan fingerprint density at radius 1 is 0.862 bits per heavy atom. The van der Waals surface area contributed by atoms with Gasteiger partial charge in [-0.15, -0.1) is 0 Å². The first kappa shape index (κ1) is 20.1. The molecule has 148 valence electrons. The Hall–Kier alpha value is -3.60. The lowest BCUT2D eigenvalue weighted by molar-refractivity contribution is -0.136. The van der Waals surface area contributed by atoms with Crippen molar-refractivity contribution in [2.45, 2.75) is 20.8 Å². The van der Waals surface area contributed by atoms with E-state index in [-0.39, 0.29) is 12.5 Å². The van der Waals surface area contributed by atoms with E-state index in [1.54, 1.807) is 30.3 Å². The molecule has 0 bridgehead atoms. The zero-order chi connectivity index (χ0) is 20.8. The number of rotatable bonds is 6. The third-order valence-electron chi connectivity index (χ3n) is 4.42. The molecule has 0 saturated heterocycles. The van der Waals surface area contributed by atoms with E-state index in [1.165, 1.54) is 0 Å². The van der Waals surface area contributed by atoms with E-state index in [0.29, 0.717) is 17.1 Å². The topological polar surface area (TPSA) is 64.6 Å². The Labute approximate surface area is 170 Å². The molecular weight excluding hydrogens is 366 g/mol. The number of anilines is 1. The molecule has 1 amide bonds. The van der Waals surface area contributed by atoms with Crippen LogP contribution in [0.2, 0.25) is 0 Å². The van der Waals surface area contributed by atoms with Crippen LogP contribution in [0.1, 0.15) is 27.0 Å². The zero-order valence-corrected chi connectivity index (χ0v) is 16.7. The van der Waals surface area contributed by atoms with Crippen LogP contribution in [-0.4, -0.2) is 18.5 Å². The lowest BCUT2D eigenvalue weighted by Crippen LogP contribution is -2.18. The number of esters is 1. The van der Waals surface area contributed by atoms with Crippen LogP contribution in [0.25, 0.3) is 0 Å². The second-order valence-corrected chi connectivity index (χ2v) is 6.83. The smallest absolute Gasteiger partial charge is 0.349 e. The molecule has 0 aliphatic heterocycles. The van der Waals surface area contributed by atoms with Gasteiger partial charge in [-0.25, -0.2) is 4.79 Å². The molecule has 5 heteroatoms. The lowest BCUT2D eigenvalue weighted by Gasteiger charge is -2.10. The molecule has 3 aromatic rings. The highest BCUT2D eigenvalue weighted by Crippen LogP contribution is 2.19. The summed E-state index contributed by atoms with van der Waals surface area (Å²) in [4.78, 5) is 24.4. The maximum Gasteiger partial charge on any atom is 0.349 e. The largest absolute Gasteiger partial charge is 0.482 e. The number of carbonyl (C=O) groups excluding carboxylic acids is 2. The molecular formula is C24H23NO4. The van der Waals surface area contributed by atoms with Crippen molar-refractivity contribution in [2.24, 2.45) is 0 Å². The molecule has 3 aromatic carbocycles. The fourth-order valence-corrected chi connectivity index (χ4v) is 2.84. The zero-order valence-electron chi connectivity index (χ0n) is 16.7. The highest BCUT2D eigenvalue weighted by Gasteiger charge is 2.11. The van der Waals surface area contributed by atoms with Crippen LogP contribution in [-0.2, 0) is 4.79 Å². The summed E-state index contributed by atoms with van der Waals surface area (Å²) in [6.45, 7) is 5.66. The van der Waals surface area contributed by atoms with Gasteiger partial charge < -0.3 is 14.8 Å². The molecule has 0 aliphatic carbocycles. The maximum atomic E-state index is 12.4. The van der Waals surface area contributed by atoms with Gasteiger partial charge in [0, 0.05) is 11.3 Å². The minimum atomic E-state index is -0.513. The van der Waals surface area contributed by atoms with Crippen LogP contribution >= 0.6 is 0 Å². The van der Waals surface area contributed by atoms with E-state index < -0.39 is 5.97 Å². The van der Waals surface area contributed by atoms with Gasteiger partial charge in [0.1, 0.15) is 11.5 Å². The summed E-state index contributed by atoms with van der Waals surface area (Å²) >= 11 is 0. The number of ether oxygens (including phenoxy) is 2. The predicted octanol–water partition coefficient (Wildman–Crippen LogP) is 4.85. The molecule has 0 unspecified atom stereocenters. The molecule has 0 spiro atoms. The van der Waals surface area contributed by atoms with Crippen molar-refractivity contribution in [2.75, 3.05) is 11.9 Å². The van der Waals surface area contributed by atoms with Crippen LogP contribution in [0.15, 0.2) is 66.7 Å². The number of nitrogens with one attached hydrogen (secondary N) is 1. The number of para-hydroxylation sites is 1. The van der Waals surface area contributed by atoms with E-state index in [2.05, 4.69) is 5.32 Å². The molecule has 0 aromatic heterocycles. The molecule has 0 radical (unpaired) electrons. The third kappa shape index (κ3) is 5.45. The van der Waals surface area contributed by atoms with Gasteiger partial charge in [0.25, 0.3) is 5.91 Å². The number of hydrogen-bond acceptors (Lipinski definition) is 4. The molecule has 3 rings (SSSR count). The van der Waals surface area contributed by atoms with Crippen molar-refractivity contribution in [1.82, 2.24) is 0 Å². The van der Waals surface area contributed by atoms with Crippen molar-refractivity contribution in [3.63, 3.8) is 0 Å². The Bertz CT molecular complexity index is 1030. The fourth-order valence-electron chi connectivity index (χ4n) is 2.84. The van der Waals surface area contributed by atoms with Crippen molar-refractivity contribution in [1.29, 1.82) is 0 Å². The molecule has 29 heavy (non-hydrogen) atoms. The average Bonchev–Trinajstić information content (AvgIpc) is 2.70. The van der Waals surface area contributed by atoms with Crippen LogP contribution < -0.4 is 14.8 Å². The number of aryl methyl sites for hydroxylation is 3. The Morgan fingerprint density at radius 3 is 2.28 bits per heavy atom. The number of benzene rings is 3. The normalized spacial score (nSPS) is 10.3. The van der Waals surface area contributed by atoms with Gasteiger partial charge >= 0.3 is 5.97 Å². The van der Waals surface area contributed by atoms with Crippen LogP contribution in [0.5, 0.6) is 11.5 Å². The SMILES string of the molecule is Cc1ccc(NC(=O)c2ccc(OC(=O)COc3ccccc3C)cc2)c(C)c1. The van der Waals surface area contributed by atoms with Crippen molar-refractivity contribution in [3.8, 4) is 11.5 Å².